The maximum Gasteiger partial charge on any atom is 0.126 e. The summed E-state index contributed by atoms with van der Waals surface area (Å²) in [5.41, 5.74) is 3.00. The van der Waals surface area contributed by atoms with Crippen LogP contribution < -0.4 is 5.32 Å². The average molecular weight is 331 g/mol. The van der Waals surface area contributed by atoms with Crippen molar-refractivity contribution >= 4 is 5.82 Å². The minimum Gasteiger partial charge on any atom is -0.390 e. The fourth-order valence-electron chi connectivity index (χ4n) is 2.87. The number of hydrogen-bond donors (Lipinski definition) is 2. The summed E-state index contributed by atoms with van der Waals surface area (Å²) in [4.78, 5) is 6.63. The van der Waals surface area contributed by atoms with E-state index in [1.807, 2.05) is 36.7 Å². The maximum atomic E-state index is 10.1. The van der Waals surface area contributed by atoms with Crippen LogP contribution in [0, 0.1) is 13.8 Å². The first-order valence-electron chi connectivity index (χ1n) is 8.33. The van der Waals surface area contributed by atoms with E-state index in [0.717, 1.165) is 49.2 Å². The molecule has 1 atom stereocenters. The number of anilines is 1. The minimum absolute atomic E-state index is 0.430. The Kier molecular flexibility index (Phi) is 5.44. The Morgan fingerprint density at radius 2 is 2.08 bits per heavy atom. The van der Waals surface area contributed by atoms with Gasteiger partial charge in [-0.2, -0.15) is 5.10 Å². The van der Waals surface area contributed by atoms with Crippen molar-refractivity contribution in [2.75, 3.05) is 44.7 Å². The van der Waals surface area contributed by atoms with Crippen LogP contribution in [0.5, 0.6) is 0 Å². The van der Waals surface area contributed by atoms with Crippen LogP contribution in [0.2, 0.25) is 0 Å². The maximum absolute atomic E-state index is 10.1. The molecule has 2 N–H and O–H groups in total. The predicted octanol–water partition coefficient (Wildman–Crippen LogP) is 0.989. The summed E-state index contributed by atoms with van der Waals surface area (Å²) in [6.07, 6.45) is 1.36. The zero-order chi connectivity index (χ0) is 16.9. The van der Waals surface area contributed by atoms with Gasteiger partial charge in [0.2, 0.25) is 0 Å². The van der Waals surface area contributed by atoms with Crippen molar-refractivity contribution in [2.45, 2.75) is 20.0 Å². The van der Waals surface area contributed by atoms with Crippen molar-refractivity contribution in [3.8, 4) is 5.69 Å². The zero-order valence-electron chi connectivity index (χ0n) is 14.3. The van der Waals surface area contributed by atoms with Crippen molar-refractivity contribution in [1.82, 2.24) is 19.7 Å². The molecule has 0 radical (unpaired) electrons. The third-order valence-electron chi connectivity index (χ3n) is 4.09. The molecule has 0 spiro atoms. The molecule has 1 saturated heterocycles. The van der Waals surface area contributed by atoms with Crippen LogP contribution in [0.4, 0.5) is 5.82 Å². The largest absolute Gasteiger partial charge is 0.390 e. The molecule has 2 aromatic rings. The quantitative estimate of drug-likeness (QED) is 0.822. The Bertz CT molecular complexity index is 650. The summed E-state index contributed by atoms with van der Waals surface area (Å²) >= 11 is 0. The molecular formula is C17H25N5O2. The van der Waals surface area contributed by atoms with Crippen molar-refractivity contribution < 1.29 is 9.84 Å². The molecule has 3 heterocycles. The van der Waals surface area contributed by atoms with E-state index in [-0.39, 0.29) is 0 Å². The Morgan fingerprint density at radius 1 is 1.29 bits per heavy atom. The van der Waals surface area contributed by atoms with Gasteiger partial charge in [0.15, 0.2) is 0 Å². The minimum atomic E-state index is -0.430. The number of aromatic nitrogens is 3. The van der Waals surface area contributed by atoms with Gasteiger partial charge in [-0.25, -0.2) is 9.67 Å². The third kappa shape index (κ3) is 4.31. The van der Waals surface area contributed by atoms with Gasteiger partial charge in [-0.3, -0.25) is 4.90 Å². The molecule has 7 nitrogen and oxygen atoms in total. The standard InChI is InChI=1S/C17H25N5O2/c1-13-9-14(2)22(20-13)15-3-4-17(18-10-15)19-11-16(23)12-21-5-7-24-8-6-21/h3-4,9-10,16,23H,5-8,11-12H2,1-2H3,(H,18,19). The predicted molar refractivity (Wildman–Crippen MR) is 92.6 cm³/mol. The van der Waals surface area contributed by atoms with E-state index in [4.69, 9.17) is 4.74 Å². The summed E-state index contributed by atoms with van der Waals surface area (Å²) in [6, 6.07) is 5.92. The van der Waals surface area contributed by atoms with Crippen LogP contribution in [0.3, 0.4) is 0 Å². The molecule has 1 unspecified atom stereocenters. The number of nitrogens with one attached hydrogen (secondary N) is 1. The molecular weight excluding hydrogens is 306 g/mol. The van der Waals surface area contributed by atoms with Crippen LogP contribution >= 0.6 is 0 Å². The molecule has 0 aliphatic carbocycles. The van der Waals surface area contributed by atoms with E-state index < -0.39 is 6.10 Å². The van der Waals surface area contributed by atoms with Gasteiger partial charge in [0.1, 0.15) is 5.82 Å². The lowest BCUT2D eigenvalue weighted by atomic mass is 10.3. The van der Waals surface area contributed by atoms with Crippen LogP contribution in [0.25, 0.3) is 5.69 Å². The Balaban J connectivity index is 1.51. The lowest BCUT2D eigenvalue weighted by Crippen LogP contribution is -2.42. The van der Waals surface area contributed by atoms with E-state index in [1.165, 1.54) is 0 Å². The van der Waals surface area contributed by atoms with E-state index >= 15 is 0 Å². The van der Waals surface area contributed by atoms with Crippen molar-refractivity contribution in [1.29, 1.82) is 0 Å². The highest BCUT2D eigenvalue weighted by Gasteiger charge is 2.14. The van der Waals surface area contributed by atoms with Gasteiger partial charge in [0, 0.05) is 31.9 Å². The Labute approximate surface area is 142 Å². The number of hydrogen-bond acceptors (Lipinski definition) is 6. The van der Waals surface area contributed by atoms with Gasteiger partial charge in [0.25, 0.3) is 0 Å². The number of morpholine rings is 1. The Hall–Kier alpha value is -1.96. The zero-order valence-corrected chi connectivity index (χ0v) is 14.3. The van der Waals surface area contributed by atoms with Gasteiger partial charge in [-0.1, -0.05) is 0 Å². The number of aliphatic hydroxyl groups is 1. The molecule has 130 valence electrons. The van der Waals surface area contributed by atoms with Gasteiger partial charge < -0.3 is 15.2 Å². The lowest BCUT2D eigenvalue weighted by Gasteiger charge is -2.28. The highest BCUT2D eigenvalue weighted by atomic mass is 16.5. The molecule has 24 heavy (non-hydrogen) atoms. The second kappa shape index (κ2) is 7.74. The number of rotatable bonds is 6. The number of ether oxygens (including phenoxy) is 1. The highest BCUT2D eigenvalue weighted by Crippen LogP contribution is 2.13. The van der Waals surface area contributed by atoms with Crippen molar-refractivity contribution in [3.05, 3.63) is 35.8 Å². The van der Waals surface area contributed by atoms with Crippen LogP contribution in [-0.4, -0.2) is 70.3 Å². The molecule has 1 aliphatic rings. The van der Waals surface area contributed by atoms with Crippen molar-refractivity contribution in [2.24, 2.45) is 0 Å². The number of aryl methyl sites for hydroxylation is 2. The van der Waals surface area contributed by atoms with Crippen LogP contribution in [0.1, 0.15) is 11.4 Å². The average Bonchev–Trinajstić information content (AvgIpc) is 2.93. The van der Waals surface area contributed by atoms with E-state index in [1.54, 1.807) is 6.20 Å². The second-order valence-corrected chi connectivity index (χ2v) is 6.19. The molecule has 3 rings (SSSR count). The smallest absolute Gasteiger partial charge is 0.126 e. The van der Waals surface area contributed by atoms with Gasteiger partial charge in [-0.15, -0.1) is 0 Å². The molecule has 7 heteroatoms. The molecule has 0 aromatic carbocycles. The monoisotopic (exact) mass is 331 g/mol. The molecule has 1 fully saturated rings. The fraction of sp³-hybridized carbons (Fsp3) is 0.529. The summed E-state index contributed by atoms with van der Waals surface area (Å²) in [5.74, 6) is 0.751. The van der Waals surface area contributed by atoms with Crippen LogP contribution in [-0.2, 0) is 4.74 Å². The first kappa shape index (κ1) is 16.9. The number of β-amino-alcohol motifs (C(OH)–C–C–N with tert-alkyl or cyclic N) is 1. The number of nitrogens with zero attached hydrogens (tertiary/aromatic N) is 4. The summed E-state index contributed by atoms with van der Waals surface area (Å²) in [7, 11) is 0. The highest BCUT2D eigenvalue weighted by molar-refractivity contribution is 5.41. The van der Waals surface area contributed by atoms with E-state index in [2.05, 4.69) is 20.3 Å². The van der Waals surface area contributed by atoms with Crippen LogP contribution in [0.15, 0.2) is 24.4 Å². The van der Waals surface area contributed by atoms with E-state index in [9.17, 15) is 5.11 Å². The molecule has 1 aliphatic heterocycles. The molecule has 0 bridgehead atoms. The first-order valence-corrected chi connectivity index (χ1v) is 8.33. The summed E-state index contributed by atoms with van der Waals surface area (Å²) in [5, 5.41) is 17.8. The second-order valence-electron chi connectivity index (χ2n) is 6.19. The van der Waals surface area contributed by atoms with Gasteiger partial charge >= 0.3 is 0 Å². The molecule has 0 amide bonds. The molecule has 0 saturated carbocycles. The first-order chi connectivity index (χ1) is 11.6. The summed E-state index contributed by atoms with van der Waals surface area (Å²) < 4.78 is 7.19. The Morgan fingerprint density at radius 3 is 2.71 bits per heavy atom. The van der Waals surface area contributed by atoms with Gasteiger partial charge in [-0.05, 0) is 32.0 Å². The fourth-order valence-corrected chi connectivity index (χ4v) is 2.87. The van der Waals surface area contributed by atoms with Gasteiger partial charge in [0.05, 0.1) is 36.9 Å². The normalized spacial score (nSPS) is 17.0. The molecule has 2 aromatic heterocycles. The topological polar surface area (TPSA) is 75.4 Å². The third-order valence-corrected chi connectivity index (χ3v) is 4.09. The lowest BCUT2D eigenvalue weighted by molar-refractivity contribution is 0.0171. The number of pyridine rings is 1. The number of aliphatic hydroxyl groups excluding tert-OH is 1. The van der Waals surface area contributed by atoms with Crippen molar-refractivity contribution in [3.63, 3.8) is 0 Å². The SMILES string of the molecule is Cc1cc(C)n(-c2ccc(NCC(O)CN3CCOCC3)nc2)n1. The summed E-state index contributed by atoms with van der Waals surface area (Å²) in [6.45, 7) is 8.38. The van der Waals surface area contributed by atoms with E-state index in [0.29, 0.717) is 13.1 Å².